The molecule has 2 atom stereocenters. The lowest BCUT2D eigenvalue weighted by Gasteiger charge is -2.24. The van der Waals surface area contributed by atoms with Crippen molar-refractivity contribution in [2.75, 3.05) is 13.2 Å². The Kier molecular flexibility index (Phi) is 3.60. The van der Waals surface area contributed by atoms with E-state index in [0.29, 0.717) is 12.0 Å². The lowest BCUT2D eigenvalue weighted by Crippen LogP contribution is -2.21. The van der Waals surface area contributed by atoms with Gasteiger partial charge < -0.3 is 10.5 Å². The van der Waals surface area contributed by atoms with E-state index in [2.05, 4.69) is 6.08 Å². The maximum atomic E-state index is 6.01. The second-order valence-electron chi connectivity index (χ2n) is 4.57. The van der Waals surface area contributed by atoms with Crippen LogP contribution in [0.5, 0.6) is 0 Å². The van der Waals surface area contributed by atoms with Gasteiger partial charge in [0.15, 0.2) is 0 Å². The molecule has 2 nitrogen and oxygen atoms in total. The van der Waals surface area contributed by atoms with Gasteiger partial charge in [-0.2, -0.15) is 0 Å². The molecule has 1 aliphatic heterocycles. The van der Waals surface area contributed by atoms with Gasteiger partial charge in [0, 0.05) is 18.6 Å². The summed E-state index contributed by atoms with van der Waals surface area (Å²) in [7, 11) is 0. The number of hydrogen-bond donors (Lipinski definition) is 1. The third-order valence-electron chi connectivity index (χ3n) is 3.37. The molecule has 1 aliphatic carbocycles. The van der Waals surface area contributed by atoms with E-state index >= 15 is 0 Å². The molecule has 0 aromatic heterocycles. The number of hydrogen-bond acceptors (Lipinski definition) is 2. The lowest BCUT2D eigenvalue weighted by molar-refractivity contribution is 0.0661. The fourth-order valence-corrected chi connectivity index (χ4v) is 2.52. The highest BCUT2D eigenvalue weighted by Gasteiger charge is 2.20. The van der Waals surface area contributed by atoms with E-state index in [1.165, 1.54) is 32.1 Å². The maximum Gasteiger partial charge on any atom is 0.0531 e. The first-order valence-electron chi connectivity index (χ1n) is 5.90. The van der Waals surface area contributed by atoms with Crippen molar-refractivity contribution < 1.29 is 4.74 Å². The molecule has 0 aromatic rings. The first kappa shape index (κ1) is 10.2. The van der Waals surface area contributed by atoms with Crippen LogP contribution < -0.4 is 5.73 Å². The molecule has 1 saturated heterocycles. The van der Waals surface area contributed by atoms with E-state index in [9.17, 15) is 0 Å². The zero-order valence-corrected chi connectivity index (χ0v) is 8.87. The van der Waals surface area contributed by atoms with Crippen LogP contribution in [0.2, 0.25) is 0 Å². The normalized spacial score (nSPS) is 34.8. The molecule has 0 amide bonds. The smallest absolute Gasteiger partial charge is 0.0531 e. The van der Waals surface area contributed by atoms with E-state index in [0.717, 1.165) is 19.6 Å². The van der Waals surface area contributed by atoms with Crippen molar-refractivity contribution in [2.24, 2.45) is 11.7 Å². The van der Waals surface area contributed by atoms with Gasteiger partial charge in [0.25, 0.3) is 0 Å². The molecule has 1 heterocycles. The minimum Gasteiger partial charge on any atom is -0.381 e. The SMILES string of the molecule is NC1C=C(C2CCCOC2)CCCC1. The van der Waals surface area contributed by atoms with Gasteiger partial charge in [0.2, 0.25) is 0 Å². The second-order valence-corrected chi connectivity index (χ2v) is 4.57. The minimum absolute atomic E-state index is 0.300. The van der Waals surface area contributed by atoms with Crippen LogP contribution in [0.1, 0.15) is 38.5 Å². The number of nitrogens with two attached hydrogens (primary N) is 1. The molecule has 0 bridgehead atoms. The largest absolute Gasteiger partial charge is 0.381 e. The van der Waals surface area contributed by atoms with Crippen molar-refractivity contribution in [3.05, 3.63) is 11.6 Å². The fraction of sp³-hybridized carbons (Fsp3) is 0.833. The summed E-state index contributed by atoms with van der Waals surface area (Å²) in [5.74, 6) is 0.674. The summed E-state index contributed by atoms with van der Waals surface area (Å²) in [6, 6.07) is 0.300. The van der Waals surface area contributed by atoms with Crippen LogP contribution in [0, 0.1) is 5.92 Å². The maximum absolute atomic E-state index is 6.01. The van der Waals surface area contributed by atoms with Gasteiger partial charge >= 0.3 is 0 Å². The highest BCUT2D eigenvalue weighted by molar-refractivity contribution is 5.12. The van der Waals surface area contributed by atoms with Crippen molar-refractivity contribution in [3.8, 4) is 0 Å². The number of rotatable bonds is 1. The van der Waals surface area contributed by atoms with Crippen molar-refractivity contribution in [2.45, 2.75) is 44.6 Å². The van der Waals surface area contributed by atoms with Crippen molar-refractivity contribution >= 4 is 0 Å². The number of ether oxygens (including phenoxy) is 1. The summed E-state index contributed by atoms with van der Waals surface area (Å²) in [6.07, 6.45) is 9.85. The molecule has 0 spiro atoms. The first-order chi connectivity index (χ1) is 6.86. The molecule has 2 N–H and O–H groups in total. The molecular formula is C12H21NO. The van der Waals surface area contributed by atoms with E-state index in [1.54, 1.807) is 5.57 Å². The fourth-order valence-electron chi connectivity index (χ4n) is 2.52. The van der Waals surface area contributed by atoms with E-state index in [-0.39, 0.29) is 0 Å². The third-order valence-corrected chi connectivity index (χ3v) is 3.37. The zero-order chi connectivity index (χ0) is 9.80. The van der Waals surface area contributed by atoms with E-state index < -0.39 is 0 Å². The second kappa shape index (κ2) is 4.94. The van der Waals surface area contributed by atoms with Gasteiger partial charge in [0.1, 0.15) is 0 Å². The van der Waals surface area contributed by atoms with Crippen molar-refractivity contribution in [1.82, 2.24) is 0 Å². The molecule has 2 aliphatic rings. The predicted molar refractivity (Wildman–Crippen MR) is 58.1 cm³/mol. The average Bonchev–Trinajstić information content (AvgIpc) is 2.44. The Hall–Kier alpha value is -0.340. The molecule has 1 fully saturated rings. The topological polar surface area (TPSA) is 35.2 Å². The monoisotopic (exact) mass is 195 g/mol. The molecular weight excluding hydrogens is 174 g/mol. The Morgan fingerprint density at radius 2 is 2.14 bits per heavy atom. The molecule has 2 rings (SSSR count). The minimum atomic E-state index is 0.300. The molecule has 2 unspecified atom stereocenters. The highest BCUT2D eigenvalue weighted by atomic mass is 16.5. The summed E-state index contributed by atoms with van der Waals surface area (Å²) in [5.41, 5.74) is 7.59. The Morgan fingerprint density at radius 1 is 1.21 bits per heavy atom. The predicted octanol–water partition coefficient (Wildman–Crippen LogP) is 2.24. The van der Waals surface area contributed by atoms with Crippen LogP contribution in [-0.4, -0.2) is 19.3 Å². The molecule has 0 saturated carbocycles. The lowest BCUT2D eigenvalue weighted by atomic mass is 9.90. The first-order valence-corrected chi connectivity index (χ1v) is 5.90. The van der Waals surface area contributed by atoms with E-state index in [1.807, 2.05) is 0 Å². The van der Waals surface area contributed by atoms with Gasteiger partial charge in [0.05, 0.1) is 6.61 Å². The summed E-state index contributed by atoms with van der Waals surface area (Å²) in [4.78, 5) is 0. The quantitative estimate of drug-likeness (QED) is 0.651. The van der Waals surface area contributed by atoms with Crippen molar-refractivity contribution in [1.29, 1.82) is 0 Å². The highest BCUT2D eigenvalue weighted by Crippen LogP contribution is 2.28. The van der Waals surface area contributed by atoms with Gasteiger partial charge in [-0.05, 0) is 32.1 Å². The van der Waals surface area contributed by atoms with Crippen LogP contribution in [0.3, 0.4) is 0 Å². The van der Waals surface area contributed by atoms with Crippen LogP contribution in [0.4, 0.5) is 0 Å². The van der Waals surface area contributed by atoms with E-state index in [4.69, 9.17) is 10.5 Å². The molecule has 14 heavy (non-hydrogen) atoms. The molecule has 0 aromatic carbocycles. The summed E-state index contributed by atoms with van der Waals surface area (Å²) in [5, 5.41) is 0. The average molecular weight is 195 g/mol. The van der Waals surface area contributed by atoms with Gasteiger partial charge in [-0.1, -0.05) is 18.1 Å². The van der Waals surface area contributed by atoms with Gasteiger partial charge in [-0.15, -0.1) is 0 Å². The third kappa shape index (κ3) is 2.58. The zero-order valence-electron chi connectivity index (χ0n) is 8.87. The Morgan fingerprint density at radius 3 is 2.93 bits per heavy atom. The summed E-state index contributed by atoms with van der Waals surface area (Å²) >= 11 is 0. The van der Waals surface area contributed by atoms with Crippen LogP contribution in [-0.2, 0) is 4.74 Å². The standard InChI is InChI=1S/C12H21NO/c13-12-6-2-1-4-10(8-12)11-5-3-7-14-9-11/h8,11-12H,1-7,9,13H2. The molecule has 0 radical (unpaired) electrons. The Balaban J connectivity index is 1.98. The molecule has 2 heteroatoms. The summed E-state index contributed by atoms with van der Waals surface area (Å²) in [6.45, 7) is 1.88. The van der Waals surface area contributed by atoms with Gasteiger partial charge in [-0.25, -0.2) is 0 Å². The Labute approximate surface area is 86.5 Å². The summed E-state index contributed by atoms with van der Waals surface area (Å²) < 4.78 is 5.53. The van der Waals surface area contributed by atoms with Crippen molar-refractivity contribution in [3.63, 3.8) is 0 Å². The van der Waals surface area contributed by atoms with Crippen LogP contribution >= 0.6 is 0 Å². The van der Waals surface area contributed by atoms with Gasteiger partial charge in [-0.3, -0.25) is 0 Å². The van der Waals surface area contributed by atoms with Crippen LogP contribution in [0.25, 0.3) is 0 Å². The molecule has 80 valence electrons. The van der Waals surface area contributed by atoms with Crippen LogP contribution in [0.15, 0.2) is 11.6 Å². The Bertz CT molecular complexity index is 206.